The summed E-state index contributed by atoms with van der Waals surface area (Å²) in [5, 5.41) is 0. The van der Waals surface area contributed by atoms with Crippen molar-refractivity contribution in [2.24, 2.45) is 0 Å². The largest absolute Gasteiger partial charge is 0.337 e. The second kappa shape index (κ2) is 6.51. The number of imidazole rings is 1. The van der Waals surface area contributed by atoms with Gasteiger partial charge in [0.1, 0.15) is 0 Å². The lowest BCUT2D eigenvalue weighted by atomic mass is 9.97. The van der Waals surface area contributed by atoms with Crippen molar-refractivity contribution in [1.29, 1.82) is 0 Å². The van der Waals surface area contributed by atoms with Crippen molar-refractivity contribution in [2.75, 3.05) is 18.0 Å². The van der Waals surface area contributed by atoms with Crippen LogP contribution < -0.4 is 9.62 Å². The number of rotatable bonds is 6. The first-order valence-corrected chi connectivity index (χ1v) is 10.4. The van der Waals surface area contributed by atoms with Gasteiger partial charge in [0.2, 0.25) is 15.9 Å². The molecular weight excluding hydrogens is 352 g/mol. The summed E-state index contributed by atoms with van der Waals surface area (Å²) in [5.41, 5.74) is 2.74. The lowest BCUT2D eigenvalue weighted by Gasteiger charge is -2.26. The van der Waals surface area contributed by atoms with E-state index in [2.05, 4.69) is 9.71 Å². The first-order chi connectivity index (χ1) is 12.5. The average molecular weight is 374 g/mol. The molecule has 2 aliphatic heterocycles. The van der Waals surface area contributed by atoms with Crippen LogP contribution in [0.4, 0.5) is 5.69 Å². The van der Waals surface area contributed by atoms with Gasteiger partial charge in [-0.25, -0.2) is 18.1 Å². The molecule has 4 rings (SSSR count). The normalized spacial score (nSPS) is 19.0. The van der Waals surface area contributed by atoms with Gasteiger partial charge in [-0.1, -0.05) is 0 Å². The number of carbonyl (C=O) groups excluding carboxylic acids is 1. The Bertz CT molecular complexity index is 938. The van der Waals surface area contributed by atoms with Crippen LogP contribution in [-0.2, 0) is 27.8 Å². The third-order valence-electron chi connectivity index (χ3n) is 5.15. The number of amides is 1. The Morgan fingerprint density at radius 3 is 2.96 bits per heavy atom. The summed E-state index contributed by atoms with van der Waals surface area (Å²) in [4.78, 5) is 18.5. The number of aromatic nitrogens is 2. The molecule has 0 aliphatic carbocycles. The zero-order valence-electron chi connectivity index (χ0n) is 14.7. The fourth-order valence-corrected chi connectivity index (χ4v) is 4.95. The third kappa shape index (κ3) is 2.93. The molecule has 0 fully saturated rings. The summed E-state index contributed by atoms with van der Waals surface area (Å²) < 4.78 is 30.0. The lowest BCUT2D eigenvalue weighted by Crippen LogP contribution is -2.32. The minimum Gasteiger partial charge on any atom is -0.337 e. The van der Waals surface area contributed by atoms with Crippen molar-refractivity contribution >= 4 is 21.6 Å². The van der Waals surface area contributed by atoms with Crippen LogP contribution in [-0.4, -0.2) is 37.0 Å². The number of aryl methyl sites for hydroxylation is 2. The summed E-state index contributed by atoms with van der Waals surface area (Å²) in [6.45, 7) is 3.64. The van der Waals surface area contributed by atoms with E-state index in [0.717, 1.165) is 36.2 Å². The van der Waals surface area contributed by atoms with E-state index >= 15 is 0 Å². The van der Waals surface area contributed by atoms with Crippen LogP contribution >= 0.6 is 0 Å². The van der Waals surface area contributed by atoms with Crippen molar-refractivity contribution in [1.82, 2.24) is 14.3 Å². The molecule has 0 spiro atoms. The second-order valence-corrected chi connectivity index (χ2v) is 8.65. The molecule has 1 aromatic carbocycles. The van der Waals surface area contributed by atoms with E-state index in [1.165, 1.54) is 0 Å². The van der Waals surface area contributed by atoms with Crippen molar-refractivity contribution in [2.45, 2.75) is 43.5 Å². The minimum atomic E-state index is -3.59. The first-order valence-electron chi connectivity index (χ1n) is 8.91. The maximum absolute atomic E-state index is 12.7. The number of sulfonamides is 1. The first kappa shape index (κ1) is 17.2. The van der Waals surface area contributed by atoms with Gasteiger partial charge in [0.15, 0.2) is 0 Å². The summed E-state index contributed by atoms with van der Waals surface area (Å²) >= 11 is 0. The Balaban J connectivity index is 1.53. The van der Waals surface area contributed by atoms with Crippen molar-refractivity contribution in [3.63, 3.8) is 0 Å². The van der Waals surface area contributed by atoms with Gasteiger partial charge in [-0.05, 0) is 49.4 Å². The quantitative estimate of drug-likeness (QED) is 0.779. The second-order valence-electron chi connectivity index (χ2n) is 6.89. The highest BCUT2D eigenvalue weighted by molar-refractivity contribution is 7.89. The van der Waals surface area contributed by atoms with E-state index in [9.17, 15) is 13.2 Å². The Labute approximate surface area is 153 Å². The number of nitrogens with one attached hydrogen (secondary N) is 1. The van der Waals surface area contributed by atoms with Gasteiger partial charge in [0.25, 0.3) is 0 Å². The highest BCUT2D eigenvalue weighted by Gasteiger charge is 2.38. The Hall–Kier alpha value is -2.19. The molecule has 1 amide bonds. The van der Waals surface area contributed by atoms with Gasteiger partial charge in [0, 0.05) is 32.0 Å². The number of hydrogen-bond donors (Lipinski definition) is 1. The molecule has 1 atom stereocenters. The smallest absolute Gasteiger partial charge is 0.240 e. The highest BCUT2D eigenvalue weighted by atomic mass is 32.2. The number of carbonyl (C=O) groups is 1. The van der Waals surface area contributed by atoms with E-state index in [4.69, 9.17) is 0 Å². The maximum atomic E-state index is 12.7. The van der Waals surface area contributed by atoms with Crippen LogP contribution in [0.5, 0.6) is 0 Å². The SMILES string of the molecule is C[C@@H]1C(=O)N2CCCc3cc(S(=O)(=O)NCCCn4ccnc4)cc1c32. The monoisotopic (exact) mass is 374 g/mol. The summed E-state index contributed by atoms with van der Waals surface area (Å²) in [6.07, 6.45) is 7.62. The lowest BCUT2D eigenvalue weighted by molar-refractivity contribution is -0.119. The average Bonchev–Trinajstić information content (AvgIpc) is 3.23. The van der Waals surface area contributed by atoms with Crippen molar-refractivity contribution < 1.29 is 13.2 Å². The predicted octanol–water partition coefficient (Wildman–Crippen LogP) is 1.65. The predicted molar refractivity (Wildman–Crippen MR) is 97.6 cm³/mol. The molecule has 0 bridgehead atoms. The molecule has 3 heterocycles. The fourth-order valence-electron chi connectivity index (χ4n) is 3.79. The maximum Gasteiger partial charge on any atom is 0.240 e. The number of anilines is 1. The number of benzene rings is 1. The Kier molecular flexibility index (Phi) is 4.32. The minimum absolute atomic E-state index is 0.0730. The van der Waals surface area contributed by atoms with Crippen LogP contribution in [0.15, 0.2) is 35.7 Å². The molecule has 0 radical (unpaired) electrons. The van der Waals surface area contributed by atoms with Gasteiger partial charge < -0.3 is 9.47 Å². The molecule has 8 heteroatoms. The zero-order valence-corrected chi connectivity index (χ0v) is 15.5. The molecule has 0 saturated heterocycles. The van der Waals surface area contributed by atoms with E-state index in [0.29, 0.717) is 19.5 Å². The molecule has 2 aromatic rings. The van der Waals surface area contributed by atoms with Crippen LogP contribution in [0.1, 0.15) is 36.8 Å². The fraction of sp³-hybridized carbons (Fsp3) is 0.444. The molecule has 1 N–H and O–H groups in total. The van der Waals surface area contributed by atoms with Crippen molar-refractivity contribution in [3.05, 3.63) is 42.0 Å². The van der Waals surface area contributed by atoms with Gasteiger partial charge >= 0.3 is 0 Å². The van der Waals surface area contributed by atoms with Gasteiger partial charge in [-0.2, -0.15) is 0 Å². The molecular formula is C18H22N4O3S. The Morgan fingerprint density at radius 2 is 2.19 bits per heavy atom. The van der Waals surface area contributed by atoms with Gasteiger partial charge in [-0.3, -0.25) is 4.79 Å². The molecule has 0 saturated carbocycles. The molecule has 0 unspecified atom stereocenters. The molecule has 26 heavy (non-hydrogen) atoms. The topological polar surface area (TPSA) is 84.3 Å². The number of nitrogens with zero attached hydrogens (tertiary/aromatic N) is 3. The van der Waals surface area contributed by atoms with Crippen LogP contribution in [0, 0.1) is 0 Å². The van der Waals surface area contributed by atoms with E-state index in [1.807, 2.05) is 22.6 Å². The molecule has 138 valence electrons. The van der Waals surface area contributed by atoms with E-state index < -0.39 is 10.0 Å². The standard InChI is InChI=1S/C18H22N4O3S/c1-13-16-11-15(10-14-4-2-8-22(17(14)16)18(13)23)26(24,25)20-5-3-7-21-9-6-19-12-21/h6,9-13,20H,2-5,7-8H2,1H3/t13-/m0/s1. The third-order valence-corrected chi connectivity index (χ3v) is 6.59. The van der Waals surface area contributed by atoms with Crippen molar-refractivity contribution in [3.8, 4) is 0 Å². The van der Waals surface area contributed by atoms with E-state index in [1.54, 1.807) is 24.7 Å². The Morgan fingerprint density at radius 1 is 1.35 bits per heavy atom. The number of hydrogen-bond acceptors (Lipinski definition) is 4. The van der Waals surface area contributed by atoms with Gasteiger partial charge in [-0.15, -0.1) is 0 Å². The van der Waals surface area contributed by atoms with Crippen LogP contribution in [0.2, 0.25) is 0 Å². The van der Waals surface area contributed by atoms with Gasteiger partial charge in [0.05, 0.1) is 22.8 Å². The molecule has 2 aliphatic rings. The summed E-state index contributed by atoms with van der Waals surface area (Å²) in [5.74, 6) is -0.206. The van der Waals surface area contributed by atoms with Crippen LogP contribution in [0.3, 0.4) is 0 Å². The summed E-state index contributed by atoms with van der Waals surface area (Å²) in [7, 11) is -3.59. The molecule has 1 aromatic heterocycles. The van der Waals surface area contributed by atoms with E-state index in [-0.39, 0.29) is 16.7 Å². The molecule has 7 nitrogen and oxygen atoms in total. The zero-order chi connectivity index (χ0) is 18.3. The summed E-state index contributed by atoms with van der Waals surface area (Å²) in [6, 6.07) is 3.40. The highest BCUT2D eigenvalue weighted by Crippen LogP contribution is 2.43. The van der Waals surface area contributed by atoms with Crippen LogP contribution in [0.25, 0.3) is 0 Å².